The molecule has 0 saturated carbocycles. The van der Waals surface area contributed by atoms with Crippen LogP contribution in [0.1, 0.15) is 22.9 Å². The first-order valence-corrected chi connectivity index (χ1v) is 6.89. The third-order valence-corrected chi connectivity index (χ3v) is 4.09. The lowest BCUT2D eigenvalue weighted by Gasteiger charge is -2.12. The van der Waals surface area contributed by atoms with Gasteiger partial charge in [0.15, 0.2) is 0 Å². The average molecular weight is 348 g/mol. The Morgan fingerprint density at radius 2 is 2.21 bits per heavy atom. The van der Waals surface area contributed by atoms with Crippen LogP contribution >= 0.6 is 27.5 Å². The second-order valence-electron chi connectivity index (χ2n) is 4.34. The molecule has 6 heteroatoms. The topological polar surface area (TPSA) is 38.0 Å². The molecule has 1 heterocycles. The van der Waals surface area contributed by atoms with E-state index in [9.17, 15) is 9.50 Å². The highest BCUT2D eigenvalue weighted by molar-refractivity contribution is 9.10. The molecule has 0 aliphatic carbocycles. The molecule has 3 nitrogen and oxygen atoms in total. The lowest BCUT2D eigenvalue weighted by atomic mass is 10.0. The monoisotopic (exact) mass is 346 g/mol. The zero-order valence-corrected chi connectivity index (χ0v) is 12.8. The number of benzene rings is 1. The van der Waals surface area contributed by atoms with Gasteiger partial charge in [-0.2, -0.15) is 5.10 Å². The Morgan fingerprint density at radius 1 is 1.53 bits per heavy atom. The number of aromatic nitrogens is 2. The highest BCUT2D eigenvalue weighted by Crippen LogP contribution is 2.29. The third kappa shape index (κ3) is 2.83. The standard InChI is InChI=1S/C13H13BrClFN2O/c1-7-9(13(15)18(2)17-7)6-11(19)8-4-3-5-10(14)12(8)16/h3-5,11,19H,6H2,1-2H3. The van der Waals surface area contributed by atoms with Crippen LogP contribution in [0.3, 0.4) is 0 Å². The molecule has 1 N–H and O–H groups in total. The Balaban J connectivity index is 2.31. The molecule has 0 amide bonds. The van der Waals surface area contributed by atoms with Gasteiger partial charge in [-0.05, 0) is 28.9 Å². The Labute approximate surface area is 124 Å². The van der Waals surface area contributed by atoms with Crippen LogP contribution in [-0.4, -0.2) is 14.9 Å². The predicted molar refractivity (Wildman–Crippen MR) is 75.7 cm³/mol. The van der Waals surface area contributed by atoms with Crippen LogP contribution in [0.25, 0.3) is 0 Å². The lowest BCUT2D eigenvalue weighted by molar-refractivity contribution is 0.173. The maximum absolute atomic E-state index is 13.9. The number of aliphatic hydroxyl groups is 1. The van der Waals surface area contributed by atoms with Gasteiger partial charge >= 0.3 is 0 Å². The van der Waals surface area contributed by atoms with Crippen molar-refractivity contribution in [1.82, 2.24) is 9.78 Å². The summed E-state index contributed by atoms with van der Waals surface area (Å²) in [5.74, 6) is -0.451. The van der Waals surface area contributed by atoms with Gasteiger partial charge in [-0.3, -0.25) is 4.68 Å². The van der Waals surface area contributed by atoms with Gasteiger partial charge in [0, 0.05) is 24.6 Å². The van der Waals surface area contributed by atoms with E-state index >= 15 is 0 Å². The SMILES string of the molecule is Cc1nn(C)c(Cl)c1CC(O)c1cccc(Br)c1F. The fourth-order valence-electron chi connectivity index (χ4n) is 1.99. The van der Waals surface area contributed by atoms with Gasteiger partial charge in [0.05, 0.1) is 16.3 Å². The predicted octanol–water partition coefficient (Wildman–Crippen LogP) is 3.56. The number of halogens is 3. The molecule has 0 fully saturated rings. The Bertz CT molecular complexity index is 615. The van der Waals surface area contributed by atoms with Gasteiger partial charge in [0.25, 0.3) is 0 Å². The number of aliphatic hydroxyl groups excluding tert-OH is 1. The molecule has 1 aromatic carbocycles. The van der Waals surface area contributed by atoms with Crippen molar-refractivity contribution in [1.29, 1.82) is 0 Å². The summed E-state index contributed by atoms with van der Waals surface area (Å²) in [5, 5.41) is 14.8. The van der Waals surface area contributed by atoms with Gasteiger partial charge < -0.3 is 5.11 Å². The molecular weight excluding hydrogens is 335 g/mol. The lowest BCUT2D eigenvalue weighted by Crippen LogP contribution is -2.05. The minimum atomic E-state index is -0.960. The largest absolute Gasteiger partial charge is 0.388 e. The smallest absolute Gasteiger partial charge is 0.143 e. The first-order chi connectivity index (χ1) is 8.91. The van der Waals surface area contributed by atoms with Crippen LogP contribution in [0.4, 0.5) is 4.39 Å². The molecule has 0 bridgehead atoms. The first-order valence-electron chi connectivity index (χ1n) is 5.71. The Kier molecular flexibility index (Phi) is 4.28. The highest BCUT2D eigenvalue weighted by atomic mass is 79.9. The van der Waals surface area contributed by atoms with Crippen LogP contribution < -0.4 is 0 Å². The van der Waals surface area contributed by atoms with Gasteiger partial charge in [-0.15, -0.1) is 0 Å². The summed E-state index contributed by atoms with van der Waals surface area (Å²) in [6.07, 6.45) is -0.732. The maximum atomic E-state index is 13.9. The fraction of sp³-hybridized carbons (Fsp3) is 0.308. The number of aryl methyl sites for hydroxylation is 2. The molecular formula is C13H13BrClFN2O. The molecule has 0 aliphatic rings. The number of rotatable bonds is 3. The van der Waals surface area contributed by atoms with Gasteiger partial charge in [-0.1, -0.05) is 23.7 Å². The summed E-state index contributed by atoms with van der Waals surface area (Å²) in [4.78, 5) is 0. The third-order valence-electron chi connectivity index (χ3n) is 3.01. The van der Waals surface area contributed by atoms with E-state index in [-0.39, 0.29) is 12.0 Å². The van der Waals surface area contributed by atoms with Gasteiger partial charge in [-0.25, -0.2) is 4.39 Å². The summed E-state index contributed by atoms with van der Waals surface area (Å²) in [6.45, 7) is 1.81. The summed E-state index contributed by atoms with van der Waals surface area (Å²) in [7, 11) is 1.73. The first kappa shape index (κ1) is 14.5. The average Bonchev–Trinajstić information content (AvgIpc) is 2.59. The second kappa shape index (κ2) is 5.61. The molecule has 0 radical (unpaired) electrons. The van der Waals surface area contributed by atoms with E-state index in [0.29, 0.717) is 9.63 Å². The van der Waals surface area contributed by atoms with Crippen molar-refractivity contribution in [3.8, 4) is 0 Å². The van der Waals surface area contributed by atoms with Crippen molar-refractivity contribution >= 4 is 27.5 Å². The molecule has 0 spiro atoms. The van der Waals surface area contributed by atoms with Crippen LogP contribution in [0.5, 0.6) is 0 Å². The normalized spacial score (nSPS) is 12.7. The van der Waals surface area contributed by atoms with E-state index in [1.807, 2.05) is 6.92 Å². The molecule has 0 aliphatic heterocycles. The van der Waals surface area contributed by atoms with E-state index < -0.39 is 11.9 Å². The summed E-state index contributed by atoms with van der Waals surface area (Å²) in [6, 6.07) is 4.83. The van der Waals surface area contributed by atoms with Gasteiger partial charge in [0.2, 0.25) is 0 Å². The summed E-state index contributed by atoms with van der Waals surface area (Å²) in [5.41, 5.74) is 1.71. The Morgan fingerprint density at radius 3 is 2.79 bits per heavy atom. The van der Waals surface area contributed by atoms with E-state index in [1.165, 1.54) is 4.68 Å². The molecule has 19 heavy (non-hydrogen) atoms. The van der Waals surface area contributed by atoms with E-state index in [1.54, 1.807) is 25.2 Å². The molecule has 2 aromatic rings. The number of hydrogen-bond donors (Lipinski definition) is 1. The highest BCUT2D eigenvalue weighted by Gasteiger charge is 2.20. The minimum Gasteiger partial charge on any atom is -0.388 e. The number of nitrogens with zero attached hydrogens (tertiary/aromatic N) is 2. The Hall–Kier alpha value is -0.910. The van der Waals surface area contributed by atoms with Gasteiger partial charge in [0.1, 0.15) is 11.0 Å². The number of hydrogen-bond acceptors (Lipinski definition) is 2. The molecule has 0 saturated heterocycles. The fourth-order valence-corrected chi connectivity index (χ4v) is 2.62. The van der Waals surface area contributed by atoms with Crippen molar-refractivity contribution < 1.29 is 9.50 Å². The molecule has 2 rings (SSSR count). The maximum Gasteiger partial charge on any atom is 0.143 e. The van der Waals surface area contributed by atoms with Crippen LogP contribution in [0, 0.1) is 12.7 Å². The van der Waals surface area contributed by atoms with Crippen molar-refractivity contribution in [2.75, 3.05) is 0 Å². The second-order valence-corrected chi connectivity index (χ2v) is 5.55. The summed E-state index contributed by atoms with van der Waals surface area (Å²) < 4.78 is 15.8. The molecule has 1 atom stereocenters. The molecule has 1 aromatic heterocycles. The van der Waals surface area contributed by atoms with E-state index in [4.69, 9.17) is 11.6 Å². The minimum absolute atomic E-state index is 0.228. The van der Waals surface area contributed by atoms with E-state index in [2.05, 4.69) is 21.0 Å². The zero-order chi connectivity index (χ0) is 14.2. The quantitative estimate of drug-likeness (QED) is 0.922. The van der Waals surface area contributed by atoms with Crippen molar-refractivity contribution in [2.45, 2.75) is 19.4 Å². The van der Waals surface area contributed by atoms with Crippen LogP contribution in [-0.2, 0) is 13.5 Å². The van der Waals surface area contributed by atoms with Crippen LogP contribution in [0.15, 0.2) is 22.7 Å². The zero-order valence-electron chi connectivity index (χ0n) is 10.5. The van der Waals surface area contributed by atoms with Crippen LogP contribution in [0.2, 0.25) is 5.15 Å². The van der Waals surface area contributed by atoms with Crippen molar-refractivity contribution in [3.63, 3.8) is 0 Å². The van der Waals surface area contributed by atoms with E-state index in [0.717, 1.165) is 11.3 Å². The van der Waals surface area contributed by atoms with Crippen molar-refractivity contribution in [2.24, 2.45) is 7.05 Å². The molecule has 102 valence electrons. The molecule has 1 unspecified atom stereocenters. The van der Waals surface area contributed by atoms with Crippen molar-refractivity contribution in [3.05, 3.63) is 50.5 Å². The summed E-state index contributed by atoms with van der Waals surface area (Å²) >= 11 is 9.21.